The van der Waals surface area contributed by atoms with Crippen molar-refractivity contribution in [2.24, 2.45) is 0 Å². The summed E-state index contributed by atoms with van der Waals surface area (Å²) in [5.41, 5.74) is 2.98. The smallest absolute Gasteiger partial charge is 0.335 e. The standard InChI is InChI=1S/C23H22BrNO4/c1-2-28-22-13-17(23(26)27)8-10-20(22)25-14-18-12-19(24)9-11-21(18)29-15-16-6-4-3-5-7-16/h3-13,25H,2,14-15H2,1H3,(H,26,27). The van der Waals surface area contributed by atoms with E-state index in [1.54, 1.807) is 12.1 Å². The highest BCUT2D eigenvalue weighted by molar-refractivity contribution is 9.10. The zero-order chi connectivity index (χ0) is 20.6. The van der Waals surface area contributed by atoms with Crippen LogP contribution in [-0.4, -0.2) is 17.7 Å². The zero-order valence-electron chi connectivity index (χ0n) is 16.0. The number of halogens is 1. The molecule has 0 aliphatic rings. The average molecular weight is 456 g/mol. The number of anilines is 1. The average Bonchev–Trinajstić information content (AvgIpc) is 2.73. The second-order valence-corrected chi connectivity index (χ2v) is 7.24. The summed E-state index contributed by atoms with van der Waals surface area (Å²) in [4.78, 5) is 11.2. The van der Waals surface area contributed by atoms with E-state index in [0.717, 1.165) is 27.0 Å². The van der Waals surface area contributed by atoms with Crippen LogP contribution in [0.15, 0.2) is 71.2 Å². The maximum Gasteiger partial charge on any atom is 0.335 e. The third-order valence-electron chi connectivity index (χ3n) is 4.26. The molecular weight excluding hydrogens is 434 g/mol. The Morgan fingerprint density at radius 3 is 2.52 bits per heavy atom. The molecule has 0 bridgehead atoms. The van der Waals surface area contributed by atoms with E-state index in [9.17, 15) is 9.90 Å². The second kappa shape index (κ2) is 9.98. The molecule has 5 nitrogen and oxygen atoms in total. The molecule has 0 saturated carbocycles. The summed E-state index contributed by atoms with van der Waals surface area (Å²) in [7, 11) is 0. The highest BCUT2D eigenvalue weighted by Crippen LogP contribution is 2.29. The molecule has 29 heavy (non-hydrogen) atoms. The van der Waals surface area contributed by atoms with Crippen molar-refractivity contribution in [2.75, 3.05) is 11.9 Å². The van der Waals surface area contributed by atoms with E-state index in [1.165, 1.54) is 6.07 Å². The van der Waals surface area contributed by atoms with Gasteiger partial charge in [0.25, 0.3) is 0 Å². The largest absolute Gasteiger partial charge is 0.492 e. The highest BCUT2D eigenvalue weighted by atomic mass is 79.9. The van der Waals surface area contributed by atoms with E-state index in [0.29, 0.717) is 25.5 Å². The summed E-state index contributed by atoms with van der Waals surface area (Å²) in [5, 5.41) is 12.5. The lowest BCUT2D eigenvalue weighted by atomic mass is 10.1. The van der Waals surface area contributed by atoms with Gasteiger partial charge in [0.15, 0.2) is 0 Å². The van der Waals surface area contributed by atoms with Gasteiger partial charge in [0.1, 0.15) is 18.1 Å². The summed E-state index contributed by atoms with van der Waals surface area (Å²) in [5.74, 6) is 0.305. The van der Waals surface area contributed by atoms with Gasteiger partial charge in [0.05, 0.1) is 17.9 Å². The van der Waals surface area contributed by atoms with Crippen LogP contribution in [0, 0.1) is 0 Å². The molecule has 2 N–H and O–H groups in total. The Bertz CT molecular complexity index is 976. The van der Waals surface area contributed by atoms with Crippen molar-refractivity contribution in [3.05, 3.63) is 87.9 Å². The zero-order valence-corrected chi connectivity index (χ0v) is 17.6. The number of aromatic carboxylic acids is 1. The topological polar surface area (TPSA) is 67.8 Å². The fourth-order valence-electron chi connectivity index (χ4n) is 2.83. The summed E-state index contributed by atoms with van der Waals surface area (Å²) in [6.45, 7) is 3.28. The fourth-order valence-corrected chi connectivity index (χ4v) is 3.24. The van der Waals surface area contributed by atoms with Crippen LogP contribution in [0.5, 0.6) is 11.5 Å². The minimum atomic E-state index is -0.985. The van der Waals surface area contributed by atoms with Crippen LogP contribution in [0.3, 0.4) is 0 Å². The molecule has 6 heteroatoms. The van der Waals surface area contributed by atoms with Gasteiger partial charge in [-0.2, -0.15) is 0 Å². The molecule has 0 atom stereocenters. The quantitative estimate of drug-likeness (QED) is 0.430. The molecule has 0 radical (unpaired) electrons. The fraction of sp³-hybridized carbons (Fsp3) is 0.174. The summed E-state index contributed by atoms with van der Waals surface area (Å²) in [6.07, 6.45) is 0. The molecule has 0 fully saturated rings. The molecule has 3 aromatic carbocycles. The number of rotatable bonds is 9. The number of hydrogen-bond donors (Lipinski definition) is 2. The molecule has 0 aromatic heterocycles. The SMILES string of the molecule is CCOc1cc(C(=O)O)ccc1NCc1cc(Br)ccc1OCc1ccccc1. The van der Waals surface area contributed by atoms with Gasteiger partial charge < -0.3 is 19.9 Å². The molecule has 3 aromatic rings. The van der Waals surface area contributed by atoms with Gasteiger partial charge in [-0.05, 0) is 48.9 Å². The molecule has 0 aliphatic carbocycles. The first kappa shape index (κ1) is 20.7. The molecule has 0 amide bonds. The van der Waals surface area contributed by atoms with Gasteiger partial charge in [0, 0.05) is 16.6 Å². The normalized spacial score (nSPS) is 10.4. The van der Waals surface area contributed by atoms with Crippen molar-refractivity contribution in [3.8, 4) is 11.5 Å². The van der Waals surface area contributed by atoms with Crippen LogP contribution in [0.4, 0.5) is 5.69 Å². The van der Waals surface area contributed by atoms with Gasteiger partial charge in [-0.15, -0.1) is 0 Å². The van der Waals surface area contributed by atoms with Crippen molar-refractivity contribution < 1.29 is 19.4 Å². The van der Waals surface area contributed by atoms with E-state index in [4.69, 9.17) is 9.47 Å². The third-order valence-corrected chi connectivity index (χ3v) is 4.75. The summed E-state index contributed by atoms with van der Waals surface area (Å²) >= 11 is 3.51. The monoisotopic (exact) mass is 455 g/mol. The van der Waals surface area contributed by atoms with Crippen molar-refractivity contribution in [1.82, 2.24) is 0 Å². The van der Waals surface area contributed by atoms with Crippen molar-refractivity contribution in [2.45, 2.75) is 20.1 Å². The Kier molecular flexibility index (Phi) is 7.14. The van der Waals surface area contributed by atoms with Gasteiger partial charge in [-0.25, -0.2) is 4.79 Å². The van der Waals surface area contributed by atoms with Crippen LogP contribution >= 0.6 is 15.9 Å². The number of carbonyl (C=O) groups is 1. The Balaban J connectivity index is 1.76. The highest BCUT2D eigenvalue weighted by Gasteiger charge is 2.11. The van der Waals surface area contributed by atoms with Gasteiger partial charge >= 0.3 is 5.97 Å². The molecule has 0 saturated heterocycles. The first-order valence-electron chi connectivity index (χ1n) is 9.26. The maximum absolute atomic E-state index is 11.2. The van der Waals surface area contributed by atoms with E-state index >= 15 is 0 Å². The number of carboxylic acids is 1. The van der Waals surface area contributed by atoms with E-state index in [1.807, 2.05) is 55.5 Å². The Morgan fingerprint density at radius 2 is 1.79 bits per heavy atom. The molecule has 0 heterocycles. The van der Waals surface area contributed by atoms with Crippen molar-refractivity contribution in [3.63, 3.8) is 0 Å². The lowest BCUT2D eigenvalue weighted by Crippen LogP contribution is -2.06. The second-order valence-electron chi connectivity index (χ2n) is 6.33. The molecule has 0 unspecified atom stereocenters. The first-order chi connectivity index (χ1) is 14.1. The Hall–Kier alpha value is -2.99. The first-order valence-corrected chi connectivity index (χ1v) is 10.0. The van der Waals surface area contributed by atoms with Crippen LogP contribution < -0.4 is 14.8 Å². The van der Waals surface area contributed by atoms with Gasteiger partial charge in [-0.1, -0.05) is 46.3 Å². The lowest BCUT2D eigenvalue weighted by Gasteiger charge is -2.16. The lowest BCUT2D eigenvalue weighted by molar-refractivity contribution is 0.0696. The molecule has 3 rings (SSSR count). The molecular formula is C23H22BrNO4. The van der Waals surface area contributed by atoms with Crippen LogP contribution in [0.25, 0.3) is 0 Å². The predicted molar refractivity (Wildman–Crippen MR) is 117 cm³/mol. The van der Waals surface area contributed by atoms with Crippen molar-refractivity contribution in [1.29, 1.82) is 0 Å². The van der Waals surface area contributed by atoms with E-state index < -0.39 is 5.97 Å². The molecule has 150 valence electrons. The van der Waals surface area contributed by atoms with E-state index in [2.05, 4.69) is 21.2 Å². The Labute approximate surface area is 178 Å². The summed E-state index contributed by atoms with van der Waals surface area (Å²) < 4.78 is 12.6. The maximum atomic E-state index is 11.2. The summed E-state index contributed by atoms with van der Waals surface area (Å²) in [6, 6.07) is 20.7. The van der Waals surface area contributed by atoms with Crippen LogP contribution in [-0.2, 0) is 13.2 Å². The van der Waals surface area contributed by atoms with Gasteiger partial charge in [-0.3, -0.25) is 0 Å². The van der Waals surface area contributed by atoms with Gasteiger partial charge in [0.2, 0.25) is 0 Å². The van der Waals surface area contributed by atoms with Crippen LogP contribution in [0.2, 0.25) is 0 Å². The van der Waals surface area contributed by atoms with Crippen molar-refractivity contribution >= 4 is 27.6 Å². The molecule has 0 aliphatic heterocycles. The van der Waals surface area contributed by atoms with E-state index in [-0.39, 0.29) is 5.56 Å². The minimum absolute atomic E-state index is 0.188. The number of benzene rings is 3. The third kappa shape index (κ3) is 5.74. The molecule has 0 spiro atoms. The predicted octanol–water partition coefficient (Wildman–Crippen LogP) is 5.74. The number of ether oxygens (including phenoxy) is 2. The number of carboxylic acid groups (broad SMARTS) is 1. The van der Waals surface area contributed by atoms with Crippen LogP contribution in [0.1, 0.15) is 28.4 Å². The minimum Gasteiger partial charge on any atom is -0.492 e. The number of nitrogens with one attached hydrogen (secondary N) is 1. The number of hydrogen-bond acceptors (Lipinski definition) is 4. The Morgan fingerprint density at radius 1 is 1.00 bits per heavy atom.